The highest BCUT2D eigenvalue weighted by Crippen LogP contribution is 2.49. The highest BCUT2D eigenvalue weighted by Gasteiger charge is 2.39. The Morgan fingerprint density at radius 2 is 2.11 bits per heavy atom. The van der Waals surface area contributed by atoms with Gasteiger partial charge in [-0.15, -0.1) is 11.3 Å². The number of fused-ring (bicyclic) bond motifs is 1. The van der Waals surface area contributed by atoms with Crippen molar-refractivity contribution in [2.75, 3.05) is 0 Å². The second-order valence-electron chi connectivity index (χ2n) is 6.20. The Morgan fingerprint density at radius 1 is 1.33 bits per heavy atom. The summed E-state index contributed by atoms with van der Waals surface area (Å²) in [5, 5.41) is 3.63. The summed E-state index contributed by atoms with van der Waals surface area (Å²) in [4.78, 5) is 0. The van der Waals surface area contributed by atoms with Gasteiger partial charge in [0.2, 0.25) is 0 Å². The van der Waals surface area contributed by atoms with Crippen LogP contribution in [-0.4, -0.2) is 0 Å². The highest BCUT2D eigenvalue weighted by atomic mass is 32.1. The summed E-state index contributed by atoms with van der Waals surface area (Å²) in [5.41, 5.74) is 8.34. The van der Waals surface area contributed by atoms with Gasteiger partial charge in [0.25, 0.3) is 0 Å². The van der Waals surface area contributed by atoms with Crippen LogP contribution in [0.5, 0.6) is 0 Å². The second kappa shape index (κ2) is 4.36. The molecule has 2 N–H and O–H groups in total. The van der Waals surface area contributed by atoms with Crippen molar-refractivity contribution in [3.63, 3.8) is 0 Å². The zero-order valence-corrected chi connectivity index (χ0v) is 12.0. The third kappa shape index (κ3) is 1.88. The summed E-state index contributed by atoms with van der Waals surface area (Å²) < 4.78 is 1.36. The SMILES string of the molecule is CC1(C)CCCC1C(N)c1csc2ccccc12. The fourth-order valence-electron chi connectivity index (χ4n) is 3.49. The Bertz CT molecular complexity index is 555. The fraction of sp³-hybridized carbons (Fsp3) is 0.500. The fourth-order valence-corrected chi connectivity index (χ4v) is 4.50. The molecule has 0 radical (unpaired) electrons. The number of nitrogens with two attached hydrogens (primary N) is 1. The summed E-state index contributed by atoms with van der Waals surface area (Å²) >= 11 is 1.82. The molecule has 1 aliphatic carbocycles. The van der Waals surface area contributed by atoms with Crippen LogP contribution in [0.3, 0.4) is 0 Å². The third-order valence-electron chi connectivity index (χ3n) is 4.64. The molecule has 1 aromatic carbocycles. The Kier molecular flexibility index (Phi) is 2.95. The van der Waals surface area contributed by atoms with E-state index in [2.05, 4.69) is 43.5 Å². The molecule has 1 aromatic heterocycles. The van der Waals surface area contributed by atoms with Gasteiger partial charge in [-0.05, 0) is 46.6 Å². The van der Waals surface area contributed by atoms with E-state index >= 15 is 0 Å². The first kappa shape index (κ1) is 12.2. The van der Waals surface area contributed by atoms with Crippen molar-refractivity contribution in [2.24, 2.45) is 17.1 Å². The van der Waals surface area contributed by atoms with Gasteiger partial charge in [0.1, 0.15) is 0 Å². The quantitative estimate of drug-likeness (QED) is 0.829. The molecule has 0 amide bonds. The van der Waals surface area contributed by atoms with Crippen molar-refractivity contribution in [3.05, 3.63) is 35.2 Å². The van der Waals surface area contributed by atoms with Gasteiger partial charge < -0.3 is 5.73 Å². The van der Waals surface area contributed by atoms with Crippen LogP contribution in [0.4, 0.5) is 0 Å². The summed E-state index contributed by atoms with van der Waals surface area (Å²) in [6.07, 6.45) is 3.92. The predicted octanol–water partition coefficient (Wildman–Crippen LogP) is 4.73. The van der Waals surface area contributed by atoms with E-state index in [1.54, 1.807) is 0 Å². The Balaban J connectivity index is 1.99. The minimum atomic E-state index is 0.193. The van der Waals surface area contributed by atoms with Gasteiger partial charge in [-0.3, -0.25) is 0 Å². The van der Waals surface area contributed by atoms with E-state index in [9.17, 15) is 0 Å². The molecule has 0 aliphatic heterocycles. The molecule has 2 unspecified atom stereocenters. The molecule has 0 spiro atoms. The van der Waals surface area contributed by atoms with E-state index in [4.69, 9.17) is 5.73 Å². The van der Waals surface area contributed by atoms with Crippen LogP contribution in [0.15, 0.2) is 29.6 Å². The molecular formula is C16H21NS. The lowest BCUT2D eigenvalue weighted by Crippen LogP contribution is -2.29. The average molecular weight is 259 g/mol. The number of hydrogen-bond acceptors (Lipinski definition) is 2. The monoisotopic (exact) mass is 259 g/mol. The maximum absolute atomic E-state index is 6.59. The molecule has 1 saturated carbocycles. The van der Waals surface area contributed by atoms with Crippen LogP contribution >= 0.6 is 11.3 Å². The summed E-state index contributed by atoms with van der Waals surface area (Å²) in [6, 6.07) is 8.82. The predicted molar refractivity (Wildman–Crippen MR) is 79.9 cm³/mol. The van der Waals surface area contributed by atoms with Gasteiger partial charge in [0.05, 0.1) is 0 Å². The van der Waals surface area contributed by atoms with E-state index < -0.39 is 0 Å². The van der Waals surface area contributed by atoms with Gasteiger partial charge in [-0.25, -0.2) is 0 Å². The van der Waals surface area contributed by atoms with Gasteiger partial charge in [-0.2, -0.15) is 0 Å². The molecule has 1 nitrogen and oxygen atoms in total. The minimum absolute atomic E-state index is 0.193. The summed E-state index contributed by atoms with van der Waals surface area (Å²) in [7, 11) is 0. The van der Waals surface area contributed by atoms with E-state index in [0.717, 1.165) is 0 Å². The number of rotatable bonds is 2. The smallest absolute Gasteiger partial charge is 0.0346 e. The Morgan fingerprint density at radius 3 is 2.83 bits per heavy atom. The molecule has 1 fully saturated rings. The van der Waals surface area contributed by atoms with Crippen LogP contribution in [0, 0.1) is 11.3 Å². The first-order valence-corrected chi connectivity index (χ1v) is 7.69. The van der Waals surface area contributed by atoms with Crippen LogP contribution in [0.25, 0.3) is 10.1 Å². The highest BCUT2D eigenvalue weighted by molar-refractivity contribution is 7.17. The van der Waals surface area contributed by atoms with Gasteiger partial charge in [0, 0.05) is 10.7 Å². The summed E-state index contributed by atoms with van der Waals surface area (Å²) in [6.45, 7) is 4.75. The molecule has 3 rings (SSSR count). The molecule has 2 atom stereocenters. The third-order valence-corrected chi connectivity index (χ3v) is 5.63. The lowest BCUT2D eigenvalue weighted by atomic mass is 9.76. The van der Waals surface area contributed by atoms with Crippen molar-refractivity contribution in [1.82, 2.24) is 0 Å². The normalized spacial score (nSPS) is 24.5. The average Bonchev–Trinajstić information content (AvgIpc) is 2.91. The lowest BCUT2D eigenvalue weighted by molar-refractivity contribution is 0.223. The van der Waals surface area contributed by atoms with Gasteiger partial charge in [-0.1, -0.05) is 38.5 Å². The Labute approximate surface area is 113 Å². The van der Waals surface area contributed by atoms with Crippen molar-refractivity contribution >= 4 is 21.4 Å². The largest absolute Gasteiger partial charge is 0.324 e. The molecule has 1 heterocycles. The van der Waals surface area contributed by atoms with Crippen molar-refractivity contribution in [3.8, 4) is 0 Å². The first-order valence-electron chi connectivity index (χ1n) is 6.81. The van der Waals surface area contributed by atoms with Crippen LogP contribution in [-0.2, 0) is 0 Å². The topological polar surface area (TPSA) is 26.0 Å². The molecule has 18 heavy (non-hydrogen) atoms. The van der Waals surface area contributed by atoms with E-state index in [1.165, 1.54) is 34.9 Å². The van der Waals surface area contributed by atoms with Gasteiger partial charge in [0.15, 0.2) is 0 Å². The Hall–Kier alpha value is -0.860. The molecule has 96 valence electrons. The molecule has 0 saturated heterocycles. The zero-order valence-electron chi connectivity index (χ0n) is 11.1. The van der Waals surface area contributed by atoms with E-state index in [-0.39, 0.29) is 6.04 Å². The van der Waals surface area contributed by atoms with Crippen molar-refractivity contribution in [2.45, 2.75) is 39.2 Å². The first-order chi connectivity index (χ1) is 8.59. The second-order valence-corrected chi connectivity index (χ2v) is 7.11. The van der Waals surface area contributed by atoms with E-state index in [1.807, 2.05) is 11.3 Å². The number of thiophene rings is 1. The van der Waals surface area contributed by atoms with Gasteiger partial charge >= 0.3 is 0 Å². The molecule has 1 aliphatic rings. The zero-order chi connectivity index (χ0) is 12.8. The van der Waals surface area contributed by atoms with Crippen LogP contribution < -0.4 is 5.73 Å². The maximum Gasteiger partial charge on any atom is 0.0346 e. The van der Waals surface area contributed by atoms with Crippen molar-refractivity contribution < 1.29 is 0 Å². The lowest BCUT2D eigenvalue weighted by Gasteiger charge is -2.32. The summed E-state index contributed by atoms with van der Waals surface area (Å²) in [5.74, 6) is 0.621. The minimum Gasteiger partial charge on any atom is -0.324 e. The number of benzene rings is 1. The van der Waals surface area contributed by atoms with Crippen LogP contribution in [0.1, 0.15) is 44.7 Å². The standard InChI is InChI=1S/C16H21NS/c1-16(2)9-5-7-13(16)15(17)12-10-18-14-8-4-3-6-11(12)14/h3-4,6,8,10,13,15H,5,7,9,17H2,1-2H3. The molecule has 2 heteroatoms. The molecule has 0 bridgehead atoms. The molecular weight excluding hydrogens is 238 g/mol. The maximum atomic E-state index is 6.59. The molecule has 2 aromatic rings. The number of hydrogen-bond donors (Lipinski definition) is 1. The van der Waals surface area contributed by atoms with Crippen molar-refractivity contribution in [1.29, 1.82) is 0 Å². The van der Waals surface area contributed by atoms with E-state index in [0.29, 0.717) is 11.3 Å². The van der Waals surface area contributed by atoms with Crippen LogP contribution in [0.2, 0.25) is 0 Å².